The highest BCUT2D eigenvalue weighted by molar-refractivity contribution is 6.32. The standard InChI is InChI=1S/C12H17ClFN/c1-8(2)15-6-11(7-15)10(4)12(13)5-9(3)14/h5,8,11H,3-4,6-7H2,1-2H3/b12-5+. The molecule has 1 rings (SSSR count). The molecule has 0 N–H and O–H groups in total. The SMILES string of the molecule is C=C(F)/C=C(/Cl)C(=C)C1CN(C(C)C)C1. The zero-order chi connectivity index (χ0) is 11.6. The van der Waals surface area contributed by atoms with Crippen LogP contribution in [-0.2, 0) is 0 Å². The third-order valence-corrected chi connectivity index (χ3v) is 3.07. The van der Waals surface area contributed by atoms with E-state index < -0.39 is 5.83 Å². The summed E-state index contributed by atoms with van der Waals surface area (Å²) in [6, 6.07) is 0.549. The van der Waals surface area contributed by atoms with Crippen molar-refractivity contribution >= 4 is 11.6 Å². The minimum Gasteiger partial charge on any atom is -0.300 e. The molecule has 0 radical (unpaired) electrons. The highest BCUT2D eigenvalue weighted by atomic mass is 35.5. The summed E-state index contributed by atoms with van der Waals surface area (Å²) in [6.07, 6.45) is 1.22. The molecule has 0 amide bonds. The van der Waals surface area contributed by atoms with Crippen LogP contribution in [0.4, 0.5) is 4.39 Å². The smallest absolute Gasteiger partial charge is 0.117 e. The maximum Gasteiger partial charge on any atom is 0.117 e. The lowest BCUT2D eigenvalue weighted by atomic mass is 9.90. The summed E-state index contributed by atoms with van der Waals surface area (Å²) in [7, 11) is 0. The highest BCUT2D eigenvalue weighted by Crippen LogP contribution is 2.30. The van der Waals surface area contributed by atoms with Crippen LogP contribution in [0.3, 0.4) is 0 Å². The summed E-state index contributed by atoms with van der Waals surface area (Å²) in [5.74, 6) is -0.170. The summed E-state index contributed by atoms with van der Waals surface area (Å²) >= 11 is 5.90. The van der Waals surface area contributed by atoms with Crippen molar-refractivity contribution in [2.24, 2.45) is 5.92 Å². The summed E-state index contributed by atoms with van der Waals surface area (Å²) in [5, 5.41) is 0.385. The van der Waals surface area contributed by atoms with Crippen LogP contribution in [0.1, 0.15) is 13.8 Å². The van der Waals surface area contributed by atoms with Crippen molar-refractivity contribution in [3.05, 3.63) is 35.7 Å². The zero-order valence-electron chi connectivity index (χ0n) is 9.26. The van der Waals surface area contributed by atoms with Crippen molar-refractivity contribution in [1.29, 1.82) is 0 Å². The van der Waals surface area contributed by atoms with Crippen molar-refractivity contribution < 1.29 is 4.39 Å². The molecule has 0 bridgehead atoms. The average Bonchev–Trinajstić information content (AvgIpc) is 1.98. The molecular formula is C12H17ClFN. The number of likely N-dealkylation sites (tertiary alicyclic amines) is 1. The maximum absolute atomic E-state index is 12.5. The predicted molar refractivity (Wildman–Crippen MR) is 63.5 cm³/mol. The van der Waals surface area contributed by atoms with Crippen molar-refractivity contribution in [3.8, 4) is 0 Å². The lowest BCUT2D eigenvalue weighted by Gasteiger charge is -2.43. The molecule has 15 heavy (non-hydrogen) atoms. The van der Waals surface area contributed by atoms with E-state index in [2.05, 4.69) is 31.9 Å². The largest absolute Gasteiger partial charge is 0.300 e. The van der Waals surface area contributed by atoms with Gasteiger partial charge in [-0.1, -0.05) is 24.8 Å². The first-order valence-electron chi connectivity index (χ1n) is 5.06. The van der Waals surface area contributed by atoms with Crippen molar-refractivity contribution in [2.75, 3.05) is 13.1 Å². The van der Waals surface area contributed by atoms with Gasteiger partial charge in [-0.2, -0.15) is 0 Å². The number of hydrogen-bond acceptors (Lipinski definition) is 1. The monoisotopic (exact) mass is 229 g/mol. The van der Waals surface area contributed by atoms with Gasteiger partial charge in [0.05, 0.1) is 0 Å². The fourth-order valence-electron chi connectivity index (χ4n) is 1.58. The Morgan fingerprint density at radius 1 is 1.47 bits per heavy atom. The van der Waals surface area contributed by atoms with Crippen LogP contribution in [0.5, 0.6) is 0 Å². The second-order valence-corrected chi connectivity index (χ2v) is 4.62. The van der Waals surface area contributed by atoms with Gasteiger partial charge in [-0.25, -0.2) is 4.39 Å². The van der Waals surface area contributed by atoms with E-state index in [4.69, 9.17) is 11.6 Å². The fraction of sp³-hybridized carbons (Fsp3) is 0.500. The van der Waals surface area contributed by atoms with Gasteiger partial charge in [0.2, 0.25) is 0 Å². The van der Waals surface area contributed by atoms with Crippen LogP contribution >= 0.6 is 11.6 Å². The molecule has 0 aromatic carbocycles. The van der Waals surface area contributed by atoms with Gasteiger partial charge >= 0.3 is 0 Å². The first-order valence-corrected chi connectivity index (χ1v) is 5.44. The third kappa shape index (κ3) is 3.18. The quantitative estimate of drug-likeness (QED) is 0.667. The number of nitrogens with zero attached hydrogens (tertiary/aromatic N) is 1. The van der Waals surface area contributed by atoms with Gasteiger partial charge in [-0.15, -0.1) is 0 Å². The Bertz CT molecular complexity index is 301. The summed E-state index contributed by atoms with van der Waals surface area (Å²) in [5.41, 5.74) is 0.812. The van der Waals surface area contributed by atoms with E-state index in [1.165, 1.54) is 6.08 Å². The van der Waals surface area contributed by atoms with Gasteiger partial charge < -0.3 is 0 Å². The Kier molecular flexibility index (Phi) is 4.12. The summed E-state index contributed by atoms with van der Waals surface area (Å²) in [6.45, 7) is 13.3. The number of rotatable bonds is 4. The van der Waals surface area contributed by atoms with Crippen molar-refractivity contribution in [2.45, 2.75) is 19.9 Å². The lowest BCUT2D eigenvalue weighted by molar-refractivity contribution is 0.0897. The van der Waals surface area contributed by atoms with Crippen LogP contribution in [0.2, 0.25) is 0 Å². The normalized spacial score (nSPS) is 19.1. The van der Waals surface area contributed by atoms with E-state index in [-0.39, 0.29) is 0 Å². The topological polar surface area (TPSA) is 3.24 Å². The number of hydrogen-bond donors (Lipinski definition) is 0. The Labute approximate surface area is 95.9 Å². The minimum absolute atomic E-state index is 0.357. The Morgan fingerprint density at radius 2 is 2.00 bits per heavy atom. The molecule has 1 aliphatic heterocycles. The van der Waals surface area contributed by atoms with Crippen molar-refractivity contribution in [3.63, 3.8) is 0 Å². The van der Waals surface area contributed by atoms with E-state index in [9.17, 15) is 4.39 Å². The number of halogens is 2. The molecule has 0 aromatic rings. The molecule has 0 unspecified atom stereocenters. The highest BCUT2D eigenvalue weighted by Gasteiger charge is 2.31. The van der Waals surface area contributed by atoms with Crippen LogP contribution in [0.15, 0.2) is 35.7 Å². The Morgan fingerprint density at radius 3 is 2.40 bits per heavy atom. The van der Waals surface area contributed by atoms with Gasteiger partial charge in [0.15, 0.2) is 0 Å². The molecule has 3 heteroatoms. The molecule has 84 valence electrons. The molecule has 1 saturated heterocycles. The third-order valence-electron chi connectivity index (χ3n) is 2.72. The van der Waals surface area contributed by atoms with Crippen LogP contribution in [0, 0.1) is 5.92 Å². The molecule has 0 aliphatic carbocycles. The second-order valence-electron chi connectivity index (χ2n) is 4.21. The van der Waals surface area contributed by atoms with Gasteiger partial charge in [-0.3, -0.25) is 4.90 Å². The summed E-state index contributed by atoms with van der Waals surface area (Å²) < 4.78 is 12.5. The molecule has 0 spiro atoms. The molecule has 0 atom stereocenters. The lowest BCUT2D eigenvalue weighted by Crippen LogP contribution is -2.50. The van der Waals surface area contributed by atoms with E-state index in [0.717, 1.165) is 18.7 Å². The molecule has 1 fully saturated rings. The fourth-order valence-corrected chi connectivity index (χ4v) is 1.85. The first-order chi connectivity index (χ1) is 6.91. The van der Waals surface area contributed by atoms with Gasteiger partial charge in [0, 0.05) is 30.1 Å². The van der Waals surface area contributed by atoms with E-state index >= 15 is 0 Å². The van der Waals surface area contributed by atoms with E-state index in [0.29, 0.717) is 17.0 Å². The van der Waals surface area contributed by atoms with Crippen LogP contribution < -0.4 is 0 Å². The number of allylic oxidation sites excluding steroid dienone is 3. The van der Waals surface area contributed by atoms with Gasteiger partial charge in [0.1, 0.15) is 5.83 Å². The van der Waals surface area contributed by atoms with Gasteiger partial charge in [-0.05, 0) is 25.5 Å². The van der Waals surface area contributed by atoms with Crippen molar-refractivity contribution in [1.82, 2.24) is 4.90 Å². The van der Waals surface area contributed by atoms with Crippen LogP contribution in [-0.4, -0.2) is 24.0 Å². The molecule has 1 aliphatic rings. The first kappa shape index (κ1) is 12.5. The molecule has 1 nitrogen and oxygen atoms in total. The zero-order valence-corrected chi connectivity index (χ0v) is 10.0. The molecule has 0 aromatic heterocycles. The Hall–Kier alpha value is -0.600. The van der Waals surface area contributed by atoms with E-state index in [1.807, 2.05) is 0 Å². The molecule has 0 saturated carbocycles. The maximum atomic E-state index is 12.5. The Balaban J connectivity index is 2.48. The second kappa shape index (κ2) is 4.95. The van der Waals surface area contributed by atoms with Crippen LogP contribution in [0.25, 0.3) is 0 Å². The predicted octanol–water partition coefficient (Wildman–Crippen LogP) is 3.49. The van der Waals surface area contributed by atoms with Gasteiger partial charge in [0.25, 0.3) is 0 Å². The molecular weight excluding hydrogens is 213 g/mol. The average molecular weight is 230 g/mol. The minimum atomic E-state index is -0.527. The molecule has 1 heterocycles. The summed E-state index contributed by atoms with van der Waals surface area (Å²) in [4.78, 5) is 2.32. The van der Waals surface area contributed by atoms with E-state index in [1.54, 1.807) is 0 Å².